The number of rotatable bonds is 2. The molecular formula is C20H28O7. The molecule has 0 aromatic rings. The van der Waals surface area contributed by atoms with Gasteiger partial charge in [-0.25, -0.2) is 4.79 Å². The van der Waals surface area contributed by atoms with Crippen molar-refractivity contribution in [3.63, 3.8) is 0 Å². The molecule has 0 aromatic carbocycles. The maximum absolute atomic E-state index is 12.2. The first-order chi connectivity index (χ1) is 12.7. The van der Waals surface area contributed by atoms with Crippen molar-refractivity contribution in [3.8, 4) is 0 Å². The van der Waals surface area contributed by atoms with Crippen LogP contribution in [0.25, 0.3) is 0 Å². The Labute approximate surface area is 159 Å². The van der Waals surface area contributed by atoms with Gasteiger partial charge in [-0.15, -0.1) is 0 Å². The Morgan fingerprint density at radius 2 is 1.56 bits per heavy atom. The summed E-state index contributed by atoms with van der Waals surface area (Å²) in [6.07, 6.45) is 1.95. The lowest BCUT2D eigenvalue weighted by Gasteiger charge is -2.30. The molecule has 8 unspecified atom stereocenters. The van der Waals surface area contributed by atoms with Gasteiger partial charge < -0.3 is 14.2 Å². The van der Waals surface area contributed by atoms with Gasteiger partial charge in [0, 0.05) is 6.42 Å². The molecule has 2 saturated carbocycles. The molecule has 2 bridgehead atoms. The lowest BCUT2D eigenvalue weighted by atomic mass is 9.76. The first-order valence-electron chi connectivity index (χ1n) is 9.83. The van der Waals surface area contributed by atoms with Gasteiger partial charge in [0.25, 0.3) is 0 Å². The van der Waals surface area contributed by atoms with Crippen molar-refractivity contribution in [3.05, 3.63) is 0 Å². The van der Waals surface area contributed by atoms with E-state index in [1.807, 2.05) is 0 Å². The first kappa shape index (κ1) is 19.8. The summed E-state index contributed by atoms with van der Waals surface area (Å²) in [5.74, 6) is 0.586. The Morgan fingerprint density at radius 3 is 1.96 bits per heavy atom. The summed E-state index contributed by atoms with van der Waals surface area (Å²) in [5, 5.41) is 0. The molecule has 0 aromatic heterocycles. The molecule has 2 saturated heterocycles. The van der Waals surface area contributed by atoms with Crippen molar-refractivity contribution in [2.75, 3.05) is 6.61 Å². The highest BCUT2D eigenvalue weighted by atomic mass is 16.6. The number of hydrogen-bond acceptors (Lipinski definition) is 7. The summed E-state index contributed by atoms with van der Waals surface area (Å²) in [7, 11) is 0. The maximum Gasteiger partial charge on any atom is 0.347 e. The Kier molecular flexibility index (Phi) is 5.58. The molecule has 0 radical (unpaired) electrons. The minimum absolute atomic E-state index is 0.00889. The highest BCUT2D eigenvalue weighted by Crippen LogP contribution is 2.55. The minimum atomic E-state index is -0.649. The van der Waals surface area contributed by atoms with E-state index < -0.39 is 18.0 Å². The van der Waals surface area contributed by atoms with Crippen LogP contribution >= 0.6 is 0 Å². The van der Waals surface area contributed by atoms with Crippen LogP contribution in [0.4, 0.5) is 0 Å². The minimum Gasteiger partial charge on any atom is -0.463 e. The molecule has 0 spiro atoms. The van der Waals surface area contributed by atoms with E-state index in [-0.39, 0.29) is 29.7 Å². The highest BCUT2D eigenvalue weighted by Gasteiger charge is 2.52. The Bertz CT molecular complexity index is 622. The predicted octanol–water partition coefficient (Wildman–Crippen LogP) is 2.12. The zero-order chi connectivity index (χ0) is 19.9. The van der Waals surface area contributed by atoms with Gasteiger partial charge in [-0.3, -0.25) is 14.4 Å². The lowest BCUT2D eigenvalue weighted by Crippen LogP contribution is -2.34. The summed E-state index contributed by atoms with van der Waals surface area (Å²) in [4.78, 5) is 44.6. The maximum atomic E-state index is 12.2. The van der Waals surface area contributed by atoms with Crippen molar-refractivity contribution < 1.29 is 33.4 Å². The van der Waals surface area contributed by atoms with Crippen LogP contribution in [-0.2, 0) is 33.4 Å². The van der Waals surface area contributed by atoms with Crippen molar-refractivity contribution in [2.24, 2.45) is 41.4 Å². The number of ether oxygens (including phenoxy) is 3. The molecule has 2 aliphatic heterocycles. The van der Waals surface area contributed by atoms with Crippen molar-refractivity contribution in [1.29, 1.82) is 0 Å². The molecule has 8 atom stereocenters. The molecule has 4 rings (SSSR count). The van der Waals surface area contributed by atoms with E-state index in [2.05, 4.69) is 18.6 Å². The number of esters is 4. The molecule has 4 aliphatic rings. The molecule has 2 heterocycles. The average molecular weight is 380 g/mol. The molecule has 4 fully saturated rings. The molecule has 0 N–H and O–H groups in total. The van der Waals surface area contributed by atoms with E-state index in [9.17, 15) is 19.2 Å². The van der Waals surface area contributed by atoms with E-state index in [1.54, 1.807) is 13.8 Å². The molecule has 7 heteroatoms. The Hall–Kier alpha value is -1.92. The normalized spacial score (nSPS) is 42.4. The van der Waals surface area contributed by atoms with Crippen LogP contribution in [0.15, 0.2) is 0 Å². The molecule has 2 aliphatic carbocycles. The first-order valence-corrected chi connectivity index (χ1v) is 9.83. The van der Waals surface area contributed by atoms with Gasteiger partial charge in [0.2, 0.25) is 6.10 Å². The molecule has 7 nitrogen and oxygen atoms in total. The van der Waals surface area contributed by atoms with Crippen LogP contribution in [0.5, 0.6) is 0 Å². The number of carbonyl (C=O) groups excluding carboxylic acids is 4. The van der Waals surface area contributed by atoms with Gasteiger partial charge in [-0.05, 0) is 36.5 Å². The smallest absolute Gasteiger partial charge is 0.347 e. The molecule has 150 valence electrons. The van der Waals surface area contributed by atoms with Crippen LogP contribution in [0, 0.1) is 41.4 Å². The molecular weight excluding hydrogens is 352 g/mol. The van der Waals surface area contributed by atoms with Crippen LogP contribution in [0.3, 0.4) is 0 Å². The number of cyclic esters (lactones) is 3. The number of carbonyl (C=O) groups is 4. The number of hydrogen-bond donors (Lipinski definition) is 0. The summed E-state index contributed by atoms with van der Waals surface area (Å²) in [6, 6.07) is 0. The average Bonchev–Trinajstić information content (AvgIpc) is 3.35. The Morgan fingerprint density at radius 1 is 0.926 bits per heavy atom. The van der Waals surface area contributed by atoms with E-state index >= 15 is 0 Å². The van der Waals surface area contributed by atoms with E-state index in [4.69, 9.17) is 9.47 Å². The summed E-state index contributed by atoms with van der Waals surface area (Å²) in [6.45, 7) is 8.28. The predicted molar refractivity (Wildman–Crippen MR) is 92.9 cm³/mol. The monoisotopic (exact) mass is 380 g/mol. The second-order valence-electron chi connectivity index (χ2n) is 8.42. The van der Waals surface area contributed by atoms with Crippen molar-refractivity contribution >= 4 is 23.9 Å². The zero-order valence-electron chi connectivity index (χ0n) is 16.3. The topological polar surface area (TPSA) is 96.0 Å². The summed E-state index contributed by atoms with van der Waals surface area (Å²) in [5.41, 5.74) is 0. The second-order valence-corrected chi connectivity index (χ2v) is 8.42. The van der Waals surface area contributed by atoms with Crippen molar-refractivity contribution in [2.45, 2.75) is 53.1 Å². The van der Waals surface area contributed by atoms with Gasteiger partial charge in [0.1, 0.15) is 0 Å². The van der Waals surface area contributed by atoms with Crippen LogP contribution in [0.1, 0.15) is 47.0 Å². The quantitative estimate of drug-likeness (QED) is 0.411. The van der Waals surface area contributed by atoms with Gasteiger partial charge in [-0.1, -0.05) is 27.7 Å². The van der Waals surface area contributed by atoms with E-state index in [1.165, 1.54) is 0 Å². The summed E-state index contributed by atoms with van der Waals surface area (Å²) >= 11 is 0. The third-order valence-electron chi connectivity index (χ3n) is 7.04. The number of fused-ring (bicyclic) bond motifs is 2. The largest absolute Gasteiger partial charge is 0.463 e. The van der Waals surface area contributed by atoms with Crippen LogP contribution in [0.2, 0.25) is 0 Å². The fraction of sp³-hybridized carbons (Fsp3) is 0.800. The van der Waals surface area contributed by atoms with E-state index in [0.29, 0.717) is 30.8 Å². The highest BCUT2D eigenvalue weighted by molar-refractivity contribution is 5.95. The fourth-order valence-electron chi connectivity index (χ4n) is 4.72. The molecule has 0 amide bonds. The van der Waals surface area contributed by atoms with E-state index in [0.717, 1.165) is 18.8 Å². The third kappa shape index (κ3) is 3.73. The standard InChI is InChI=1S/C14H20O4.C6H8O3/c1-7-8(2)10-5-9(7)6-11(10)13(15)18-12-3-4-17-14(12)16;1-3-4(2)6(8)9-5(3)7/h7-12H,3-6H2,1-2H3;3-4H,1-2H3. The second kappa shape index (κ2) is 7.60. The van der Waals surface area contributed by atoms with Gasteiger partial charge in [0.15, 0.2) is 0 Å². The third-order valence-corrected chi connectivity index (χ3v) is 7.04. The molecule has 27 heavy (non-hydrogen) atoms. The Balaban J connectivity index is 0.000000197. The summed E-state index contributed by atoms with van der Waals surface area (Å²) < 4.78 is 14.5. The SMILES string of the molecule is CC1C(=O)OC(=O)C1C.CC1C2CC(C(=O)OC3CCOC3=O)C(C2)C1C. The fourth-order valence-corrected chi connectivity index (χ4v) is 4.72. The van der Waals surface area contributed by atoms with Gasteiger partial charge in [-0.2, -0.15) is 0 Å². The van der Waals surface area contributed by atoms with Gasteiger partial charge >= 0.3 is 23.9 Å². The van der Waals surface area contributed by atoms with Crippen LogP contribution in [-0.4, -0.2) is 36.6 Å². The van der Waals surface area contributed by atoms with Crippen LogP contribution < -0.4 is 0 Å². The lowest BCUT2D eigenvalue weighted by molar-refractivity contribution is -0.165. The zero-order valence-corrected chi connectivity index (χ0v) is 16.3. The van der Waals surface area contributed by atoms with Gasteiger partial charge in [0.05, 0.1) is 24.4 Å². The van der Waals surface area contributed by atoms with Crippen molar-refractivity contribution in [1.82, 2.24) is 0 Å².